The third-order valence-corrected chi connectivity index (χ3v) is 4.24. The molecule has 0 aliphatic heterocycles. The number of rotatable bonds is 8. The van der Waals surface area contributed by atoms with Gasteiger partial charge in [-0.1, -0.05) is 24.3 Å². The van der Waals surface area contributed by atoms with E-state index in [-0.39, 0.29) is 37.3 Å². The van der Waals surface area contributed by atoms with Crippen molar-refractivity contribution in [2.75, 3.05) is 11.4 Å². The van der Waals surface area contributed by atoms with Crippen molar-refractivity contribution in [1.29, 1.82) is 5.26 Å². The van der Waals surface area contributed by atoms with Crippen LogP contribution in [0.3, 0.4) is 0 Å². The number of alkyl halides is 3. The molecule has 0 aromatic heterocycles. The molecule has 0 fully saturated rings. The second-order valence-electron chi connectivity index (χ2n) is 6.36. The molecule has 0 heterocycles. The van der Waals surface area contributed by atoms with Crippen LogP contribution in [0, 0.1) is 17.1 Å². The maximum atomic E-state index is 13.1. The Morgan fingerprint density at radius 2 is 1.77 bits per heavy atom. The SMILES string of the molecule is N#CCCN(C(=O)CCC(=O)NCc1ccc(F)cc1C(F)(F)F)c1ccccc1. The molecule has 0 saturated carbocycles. The van der Waals surface area contributed by atoms with E-state index >= 15 is 0 Å². The van der Waals surface area contributed by atoms with E-state index in [1.807, 2.05) is 6.07 Å². The van der Waals surface area contributed by atoms with Crippen LogP contribution in [0.4, 0.5) is 23.2 Å². The van der Waals surface area contributed by atoms with Gasteiger partial charge in [-0.2, -0.15) is 18.4 Å². The normalized spacial score (nSPS) is 10.9. The Kier molecular flexibility index (Phi) is 7.92. The fraction of sp³-hybridized carbons (Fsp3) is 0.286. The smallest absolute Gasteiger partial charge is 0.352 e. The van der Waals surface area contributed by atoms with Crippen molar-refractivity contribution in [1.82, 2.24) is 5.32 Å². The van der Waals surface area contributed by atoms with Gasteiger partial charge in [0.05, 0.1) is 18.1 Å². The first-order valence-electron chi connectivity index (χ1n) is 9.07. The third-order valence-electron chi connectivity index (χ3n) is 4.24. The Bertz CT molecular complexity index is 924. The van der Waals surface area contributed by atoms with Crippen LogP contribution in [0.2, 0.25) is 0 Å². The maximum absolute atomic E-state index is 13.1. The summed E-state index contributed by atoms with van der Waals surface area (Å²) in [4.78, 5) is 25.9. The number of anilines is 1. The van der Waals surface area contributed by atoms with Crippen LogP contribution >= 0.6 is 0 Å². The Balaban J connectivity index is 1.95. The molecule has 0 spiro atoms. The number of nitrogens with zero attached hydrogens (tertiary/aromatic N) is 2. The number of halogens is 4. The van der Waals surface area contributed by atoms with Gasteiger partial charge >= 0.3 is 6.18 Å². The minimum Gasteiger partial charge on any atom is -0.352 e. The summed E-state index contributed by atoms with van der Waals surface area (Å²) in [6, 6.07) is 12.8. The summed E-state index contributed by atoms with van der Waals surface area (Å²) >= 11 is 0. The minimum absolute atomic E-state index is 0.109. The van der Waals surface area contributed by atoms with E-state index < -0.39 is 30.0 Å². The molecular formula is C21H19F4N3O2. The largest absolute Gasteiger partial charge is 0.416 e. The van der Waals surface area contributed by atoms with Crippen molar-refractivity contribution in [3.8, 4) is 6.07 Å². The van der Waals surface area contributed by atoms with Crippen molar-refractivity contribution in [3.63, 3.8) is 0 Å². The molecule has 2 aromatic rings. The summed E-state index contributed by atoms with van der Waals surface area (Å²) in [7, 11) is 0. The van der Waals surface area contributed by atoms with Crippen LogP contribution in [0.5, 0.6) is 0 Å². The van der Waals surface area contributed by atoms with Gasteiger partial charge in [-0.05, 0) is 29.8 Å². The van der Waals surface area contributed by atoms with Gasteiger partial charge in [0.15, 0.2) is 0 Å². The van der Waals surface area contributed by atoms with Crippen LogP contribution in [0.25, 0.3) is 0 Å². The standard InChI is InChI=1S/C21H19F4N3O2/c22-16-8-7-15(18(13-16)21(23,24)25)14-27-19(29)9-10-20(30)28(12-4-11-26)17-5-2-1-3-6-17/h1-3,5-8,13H,4,9-10,12,14H2,(H,27,29). The quantitative estimate of drug-likeness (QED) is 0.650. The molecular weight excluding hydrogens is 402 g/mol. The lowest BCUT2D eigenvalue weighted by Gasteiger charge is -2.21. The Morgan fingerprint density at radius 3 is 2.40 bits per heavy atom. The number of amides is 2. The van der Waals surface area contributed by atoms with E-state index in [2.05, 4.69) is 5.32 Å². The summed E-state index contributed by atoms with van der Waals surface area (Å²) in [6.07, 6.45) is -5.06. The van der Waals surface area contributed by atoms with Gasteiger partial charge in [0, 0.05) is 31.6 Å². The molecule has 1 N–H and O–H groups in total. The highest BCUT2D eigenvalue weighted by Crippen LogP contribution is 2.32. The van der Waals surface area contributed by atoms with Crippen molar-refractivity contribution in [2.24, 2.45) is 0 Å². The number of hydrogen-bond acceptors (Lipinski definition) is 3. The summed E-state index contributed by atoms with van der Waals surface area (Å²) in [6.45, 7) is -0.287. The highest BCUT2D eigenvalue weighted by molar-refractivity contribution is 5.95. The number of para-hydroxylation sites is 1. The molecule has 2 amide bonds. The van der Waals surface area contributed by atoms with E-state index in [0.717, 1.165) is 12.1 Å². The predicted molar refractivity (Wildman–Crippen MR) is 102 cm³/mol. The zero-order valence-electron chi connectivity index (χ0n) is 15.9. The van der Waals surface area contributed by atoms with Crippen LogP contribution < -0.4 is 10.2 Å². The number of hydrogen-bond donors (Lipinski definition) is 1. The summed E-state index contributed by atoms with van der Waals surface area (Å²) in [5.74, 6) is -2.03. The van der Waals surface area contributed by atoms with Gasteiger partial charge in [-0.15, -0.1) is 0 Å². The third kappa shape index (κ3) is 6.58. The summed E-state index contributed by atoms with van der Waals surface area (Å²) < 4.78 is 52.2. The van der Waals surface area contributed by atoms with E-state index in [4.69, 9.17) is 5.26 Å². The van der Waals surface area contributed by atoms with Crippen molar-refractivity contribution in [3.05, 3.63) is 65.5 Å². The number of nitriles is 1. The number of carbonyl (C=O) groups excluding carboxylic acids is 2. The second kappa shape index (κ2) is 10.4. The molecule has 2 aromatic carbocycles. The van der Waals surface area contributed by atoms with E-state index in [9.17, 15) is 27.2 Å². The monoisotopic (exact) mass is 421 g/mol. The highest BCUT2D eigenvalue weighted by atomic mass is 19.4. The van der Waals surface area contributed by atoms with E-state index in [1.165, 1.54) is 4.90 Å². The first-order chi connectivity index (χ1) is 14.2. The highest BCUT2D eigenvalue weighted by Gasteiger charge is 2.33. The summed E-state index contributed by atoms with van der Waals surface area (Å²) in [5, 5.41) is 11.1. The lowest BCUT2D eigenvalue weighted by molar-refractivity contribution is -0.138. The van der Waals surface area contributed by atoms with E-state index in [0.29, 0.717) is 11.8 Å². The van der Waals surface area contributed by atoms with Gasteiger partial charge in [-0.3, -0.25) is 9.59 Å². The Morgan fingerprint density at radius 1 is 1.07 bits per heavy atom. The predicted octanol–water partition coefficient (Wildman–Crippen LogP) is 4.19. The van der Waals surface area contributed by atoms with E-state index in [1.54, 1.807) is 30.3 Å². The van der Waals surface area contributed by atoms with Gasteiger partial charge in [0.25, 0.3) is 0 Å². The first kappa shape index (κ1) is 22.9. The lowest BCUT2D eigenvalue weighted by atomic mass is 10.1. The van der Waals surface area contributed by atoms with Gasteiger partial charge < -0.3 is 10.2 Å². The number of benzene rings is 2. The number of nitrogens with one attached hydrogen (secondary N) is 1. The average Bonchev–Trinajstić information content (AvgIpc) is 2.71. The molecule has 0 radical (unpaired) electrons. The molecule has 30 heavy (non-hydrogen) atoms. The Labute approximate surface area is 170 Å². The van der Waals surface area contributed by atoms with Crippen LogP contribution in [0.1, 0.15) is 30.4 Å². The van der Waals surface area contributed by atoms with Crippen LogP contribution in [-0.4, -0.2) is 18.4 Å². The molecule has 2 rings (SSSR count). The zero-order valence-corrected chi connectivity index (χ0v) is 15.9. The molecule has 9 heteroatoms. The molecule has 0 saturated heterocycles. The first-order valence-corrected chi connectivity index (χ1v) is 9.07. The molecule has 158 valence electrons. The molecule has 0 aliphatic rings. The zero-order chi connectivity index (χ0) is 22.1. The Hall–Kier alpha value is -3.41. The average molecular weight is 421 g/mol. The molecule has 5 nitrogen and oxygen atoms in total. The van der Waals surface area contributed by atoms with Crippen molar-refractivity contribution in [2.45, 2.75) is 32.0 Å². The molecule has 0 aliphatic carbocycles. The number of carbonyl (C=O) groups is 2. The van der Waals surface area contributed by atoms with Crippen molar-refractivity contribution >= 4 is 17.5 Å². The second-order valence-corrected chi connectivity index (χ2v) is 6.36. The van der Waals surface area contributed by atoms with Gasteiger partial charge in [-0.25, -0.2) is 4.39 Å². The fourth-order valence-corrected chi connectivity index (χ4v) is 2.77. The van der Waals surface area contributed by atoms with Gasteiger partial charge in [0.1, 0.15) is 5.82 Å². The molecule has 0 bridgehead atoms. The van der Waals surface area contributed by atoms with Crippen LogP contribution in [-0.2, 0) is 22.3 Å². The van der Waals surface area contributed by atoms with Gasteiger partial charge in [0.2, 0.25) is 11.8 Å². The topological polar surface area (TPSA) is 73.2 Å². The maximum Gasteiger partial charge on any atom is 0.416 e. The summed E-state index contributed by atoms with van der Waals surface area (Å²) in [5.41, 5.74) is -0.853. The fourth-order valence-electron chi connectivity index (χ4n) is 2.77. The molecule has 0 atom stereocenters. The lowest BCUT2D eigenvalue weighted by Crippen LogP contribution is -2.33. The minimum atomic E-state index is -4.75. The van der Waals surface area contributed by atoms with Crippen molar-refractivity contribution < 1.29 is 27.2 Å². The molecule has 0 unspecified atom stereocenters. The van der Waals surface area contributed by atoms with Crippen LogP contribution in [0.15, 0.2) is 48.5 Å².